The van der Waals surface area contributed by atoms with E-state index in [-0.39, 0.29) is 58.9 Å². The van der Waals surface area contributed by atoms with Crippen molar-refractivity contribution in [2.45, 2.75) is 55.4 Å². The zero-order valence-corrected chi connectivity index (χ0v) is 27.3. The van der Waals surface area contributed by atoms with Crippen LogP contribution in [0, 0.1) is 55.4 Å². The second-order valence-electron chi connectivity index (χ2n) is 10.0. The minimum absolute atomic E-state index is 0. The normalized spacial score (nSPS) is 10.4. The van der Waals surface area contributed by atoms with Gasteiger partial charge in [0.2, 0.25) is 0 Å². The Kier molecular flexibility index (Phi) is 13.1. The zero-order valence-electron chi connectivity index (χ0n) is 22.5. The Balaban J connectivity index is 0.00000306. The van der Waals surface area contributed by atoms with E-state index in [9.17, 15) is 0 Å². The van der Waals surface area contributed by atoms with Crippen LogP contribution in [0.4, 0.5) is 0 Å². The van der Waals surface area contributed by atoms with Gasteiger partial charge in [-0.05, 0) is 41.5 Å². The van der Waals surface area contributed by atoms with Gasteiger partial charge in [-0.3, -0.25) is 0 Å². The van der Waals surface area contributed by atoms with Crippen LogP contribution in [0.2, 0.25) is 0 Å². The van der Waals surface area contributed by atoms with Crippen LogP contribution in [0.3, 0.4) is 0 Å². The van der Waals surface area contributed by atoms with Crippen molar-refractivity contribution in [3.05, 3.63) is 111 Å². The molecule has 4 aromatic carbocycles. The summed E-state index contributed by atoms with van der Waals surface area (Å²) in [7, 11) is -2.51. The monoisotopic (exact) mass is 588 g/mol. The van der Waals surface area contributed by atoms with Gasteiger partial charge in [0.15, 0.2) is 0 Å². The molecule has 0 radical (unpaired) electrons. The fraction of sp³-hybridized carbons (Fsp3) is 0.258. The number of halogens is 3. The molecule has 188 valence electrons. The van der Waals surface area contributed by atoms with Gasteiger partial charge in [-0.25, -0.2) is 11.6 Å². The van der Waals surface area contributed by atoms with Crippen molar-refractivity contribution in [2.75, 3.05) is 0 Å². The first kappa shape index (κ1) is 34.8. The summed E-state index contributed by atoms with van der Waals surface area (Å²) < 4.78 is 0. The summed E-state index contributed by atoms with van der Waals surface area (Å²) in [4.78, 5) is 0. The molecule has 4 rings (SSSR count). The van der Waals surface area contributed by atoms with E-state index in [0.717, 1.165) is 0 Å². The first-order chi connectivity index (χ1) is 15.1. The Morgan fingerprint density at radius 1 is 0.417 bits per heavy atom. The van der Waals surface area contributed by atoms with Crippen LogP contribution in [0.25, 0.3) is 0 Å². The van der Waals surface area contributed by atoms with Crippen LogP contribution in [0.1, 0.15) is 44.5 Å². The maximum atomic E-state index is 2.47. The average molecular weight is 590 g/mol. The molecule has 0 N–H and O–H groups in total. The van der Waals surface area contributed by atoms with Crippen molar-refractivity contribution in [1.29, 1.82) is 0 Å². The Morgan fingerprint density at radius 2 is 0.694 bits per heavy atom. The maximum Gasteiger partial charge on any atom is 4.00 e. The van der Waals surface area contributed by atoms with Gasteiger partial charge in [-0.2, -0.15) is 11.6 Å². The van der Waals surface area contributed by atoms with E-state index in [1.54, 1.807) is 0 Å². The fourth-order valence-electron chi connectivity index (χ4n) is 5.75. The fourth-order valence-corrected chi connectivity index (χ4v) is 11.5. The van der Waals surface area contributed by atoms with Crippen LogP contribution in [-0.4, -0.2) is 8.07 Å². The molecule has 0 spiro atoms. The molecule has 0 nitrogen and oxygen atoms in total. The van der Waals surface area contributed by atoms with Crippen molar-refractivity contribution < 1.29 is 58.9 Å². The van der Waals surface area contributed by atoms with Crippen molar-refractivity contribution in [3.8, 4) is 0 Å². The van der Waals surface area contributed by atoms with Crippen LogP contribution < -0.4 is 58.0 Å². The molecule has 0 amide bonds. The summed E-state index contributed by atoms with van der Waals surface area (Å²) in [5.74, 6) is 0. The summed E-state index contributed by atoms with van der Waals surface area (Å²) >= 11 is 0. The van der Waals surface area contributed by atoms with Gasteiger partial charge < -0.3 is 37.2 Å². The molecule has 36 heavy (non-hydrogen) atoms. The van der Waals surface area contributed by atoms with Gasteiger partial charge in [0.1, 0.15) is 8.07 Å². The van der Waals surface area contributed by atoms with Gasteiger partial charge in [-0.15, -0.1) is 5.19 Å². The van der Waals surface area contributed by atoms with Crippen molar-refractivity contribution >= 4 is 28.8 Å². The zero-order chi connectivity index (χ0) is 23.2. The van der Waals surface area contributed by atoms with E-state index in [1.807, 2.05) is 0 Å². The molecule has 5 heteroatoms. The van der Waals surface area contributed by atoms with Crippen LogP contribution in [-0.2, 0) is 21.7 Å². The predicted molar refractivity (Wildman–Crippen MR) is 144 cm³/mol. The standard InChI is InChI=1S/C31H35Si.3ClH.Ti/c1-20-9-21(2)14-28(13-20)32(31-19-26(7)12-27(31)8,29-15-22(3)10-23(4)16-29)30-17-24(5)11-25(6)18-30;;;;/h9-19H,1-8H3;3*1H;/q-1;;;;+4/p-3. The molecule has 0 aliphatic rings. The van der Waals surface area contributed by atoms with Gasteiger partial charge in [0.05, 0.1) is 0 Å². The van der Waals surface area contributed by atoms with Crippen LogP contribution in [0.5, 0.6) is 0 Å². The van der Waals surface area contributed by atoms with E-state index in [0.29, 0.717) is 0 Å². The summed E-state index contributed by atoms with van der Waals surface area (Å²) in [6.45, 7) is 18.0. The van der Waals surface area contributed by atoms with Crippen molar-refractivity contribution in [2.24, 2.45) is 0 Å². The number of rotatable bonds is 4. The number of aryl methyl sites for hydroxylation is 8. The van der Waals surface area contributed by atoms with Gasteiger partial charge >= 0.3 is 21.7 Å². The smallest absolute Gasteiger partial charge is 1.00 e. The second kappa shape index (κ2) is 13.6. The van der Waals surface area contributed by atoms with Crippen LogP contribution >= 0.6 is 0 Å². The quantitative estimate of drug-likeness (QED) is 0.131. The molecule has 0 heterocycles. The summed E-state index contributed by atoms with van der Waals surface area (Å²) in [6, 6.07) is 26.5. The molecule has 0 saturated carbocycles. The third-order valence-electron chi connectivity index (χ3n) is 6.61. The first-order valence-corrected chi connectivity index (χ1v) is 13.6. The summed E-state index contributed by atoms with van der Waals surface area (Å²) in [5, 5.41) is 5.98. The number of hydrogen-bond acceptors (Lipinski definition) is 0. The molecule has 0 saturated heterocycles. The van der Waals surface area contributed by atoms with E-state index >= 15 is 0 Å². The SMILES string of the molecule is Cc1cc(C)cc([Si](c2cc(C)cc(C)c2)(c2cc(C)cc(C)c2)[c-]2cc(C)cc2C)c1.[Cl-].[Cl-].[Cl-].[Ti+4]. The average Bonchev–Trinajstić information content (AvgIpc) is 2.98. The number of benzene rings is 3. The molecule has 4 aromatic rings. The van der Waals surface area contributed by atoms with E-state index in [4.69, 9.17) is 0 Å². The molecule has 0 aliphatic heterocycles. The Labute approximate surface area is 252 Å². The molecule has 0 aromatic heterocycles. The van der Waals surface area contributed by atoms with Gasteiger partial charge in [0, 0.05) is 0 Å². The topological polar surface area (TPSA) is 0 Å². The number of hydrogen-bond donors (Lipinski definition) is 0. The predicted octanol–water partition coefficient (Wildman–Crippen LogP) is -3.74. The van der Waals surface area contributed by atoms with E-state index in [1.165, 1.54) is 65.3 Å². The van der Waals surface area contributed by atoms with Crippen molar-refractivity contribution in [3.63, 3.8) is 0 Å². The second-order valence-corrected chi connectivity index (χ2v) is 13.8. The van der Waals surface area contributed by atoms with Crippen molar-refractivity contribution in [1.82, 2.24) is 0 Å². The Morgan fingerprint density at radius 3 is 0.917 bits per heavy atom. The Hall–Kier alpha value is -1.19. The molecule has 0 atom stereocenters. The molecular formula is C31H35Cl3SiTi. The third-order valence-corrected chi connectivity index (χ3v) is 11.4. The molecular weight excluding hydrogens is 555 g/mol. The van der Waals surface area contributed by atoms with Gasteiger partial charge in [-0.1, -0.05) is 117 Å². The molecule has 0 unspecified atom stereocenters. The van der Waals surface area contributed by atoms with Gasteiger partial charge in [0.25, 0.3) is 0 Å². The third kappa shape index (κ3) is 6.62. The summed E-state index contributed by atoms with van der Waals surface area (Å²) in [6.07, 6.45) is 0. The molecule has 0 aliphatic carbocycles. The molecule has 0 bridgehead atoms. The maximum absolute atomic E-state index is 2.51. The summed E-state index contributed by atoms with van der Waals surface area (Å²) in [5.41, 5.74) is 10.8. The minimum Gasteiger partial charge on any atom is -1.00 e. The Bertz CT molecular complexity index is 1140. The van der Waals surface area contributed by atoms with E-state index in [2.05, 4.69) is 122 Å². The molecule has 0 fully saturated rings. The van der Waals surface area contributed by atoms with E-state index < -0.39 is 8.07 Å². The minimum atomic E-state index is -2.51. The largest absolute Gasteiger partial charge is 4.00 e. The first-order valence-electron chi connectivity index (χ1n) is 11.6. The van der Waals surface area contributed by atoms with Crippen LogP contribution in [0.15, 0.2) is 66.7 Å².